The molecule has 30 heavy (non-hydrogen) atoms. The van der Waals surface area contributed by atoms with E-state index in [0.29, 0.717) is 13.0 Å². The summed E-state index contributed by atoms with van der Waals surface area (Å²) in [7, 11) is 0. The zero-order valence-corrected chi connectivity index (χ0v) is 18.5. The van der Waals surface area contributed by atoms with Gasteiger partial charge in [0.15, 0.2) is 0 Å². The summed E-state index contributed by atoms with van der Waals surface area (Å²) in [6.45, 7) is 2.41. The van der Waals surface area contributed by atoms with Crippen molar-refractivity contribution in [2.24, 2.45) is 5.92 Å². The number of carbonyl (C=O) groups is 2. The van der Waals surface area contributed by atoms with Gasteiger partial charge in [-0.2, -0.15) is 0 Å². The Bertz CT molecular complexity index is 937. The molecule has 4 nitrogen and oxygen atoms in total. The number of nitrogens with one attached hydrogen (secondary N) is 1. The van der Waals surface area contributed by atoms with Crippen molar-refractivity contribution in [1.29, 1.82) is 0 Å². The van der Waals surface area contributed by atoms with Crippen LogP contribution in [0.4, 0.5) is 11.4 Å². The van der Waals surface area contributed by atoms with E-state index in [0.717, 1.165) is 21.4 Å². The third-order valence-electron chi connectivity index (χ3n) is 4.71. The van der Waals surface area contributed by atoms with Gasteiger partial charge in [-0.05, 0) is 47.9 Å². The van der Waals surface area contributed by atoms with Gasteiger partial charge in [0.1, 0.15) is 0 Å². The maximum absolute atomic E-state index is 13.1. The molecule has 1 unspecified atom stereocenters. The molecule has 1 atom stereocenters. The summed E-state index contributed by atoms with van der Waals surface area (Å²) in [5, 5.41) is 2.94. The van der Waals surface area contributed by atoms with Gasteiger partial charge in [0.05, 0.1) is 0 Å². The summed E-state index contributed by atoms with van der Waals surface area (Å²) in [4.78, 5) is 27.2. The summed E-state index contributed by atoms with van der Waals surface area (Å²) >= 11 is 3.43. The van der Waals surface area contributed by atoms with Crippen molar-refractivity contribution in [2.45, 2.75) is 26.3 Å². The van der Waals surface area contributed by atoms with E-state index in [9.17, 15) is 9.59 Å². The quantitative estimate of drug-likeness (QED) is 0.454. The second kappa shape index (κ2) is 10.7. The van der Waals surface area contributed by atoms with E-state index in [2.05, 4.69) is 21.2 Å². The van der Waals surface area contributed by atoms with Crippen LogP contribution in [0.1, 0.15) is 25.3 Å². The molecule has 0 aromatic heterocycles. The first kappa shape index (κ1) is 21.8. The average molecular weight is 465 g/mol. The van der Waals surface area contributed by atoms with Crippen LogP contribution in [-0.4, -0.2) is 11.8 Å². The summed E-state index contributed by atoms with van der Waals surface area (Å²) in [6, 6.07) is 27.0. The molecule has 0 saturated heterocycles. The van der Waals surface area contributed by atoms with E-state index in [1.165, 1.54) is 0 Å². The number of rotatable bonds is 8. The van der Waals surface area contributed by atoms with Gasteiger partial charge in [0.25, 0.3) is 0 Å². The number of amides is 2. The third-order valence-corrected chi connectivity index (χ3v) is 5.21. The van der Waals surface area contributed by atoms with Crippen LogP contribution in [0.25, 0.3) is 0 Å². The van der Waals surface area contributed by atoms with Gasteiger partial charge in [-0.25, -0.2) is 0 Å². The summed E-state index contributed by atoms with van der Waals surface area (Å²) < 4.78 is 0.982. The van der Waals surface area contributed by atoms with Crippen molar-refractivity contribution in [3.05, 3.63) is 95.0 Å². The molecule has 0 fully saturated rings. The lowest BCUT2D eigenvalue weighted by atomic mass is 10.0. The number of carbonyl (C=O) groups excluding carboxylic acids is 2. The van der Waals surface area contributed by atoms with Gasteiger partial charge in [-0.1, -0.05) is 71.4 Å². The van der Waals surface area contributed by atoms with Crippen molar-refractivity contribution in [1.82, 2.24) is 5.32 Å². The minimum Gasteiger partial charge on any atom is -0.352 e. The Morgan fingerprint density at radius 3 is 2.03 bits per heavy atom. The molecule has 3 aromatic rings. The summed E-state index contributed by atoms with van der Waals surface area (Å²) in [5.74, 6) is -0.157. The molecule has 154 valence electrons. The Hall–Kier alpha value is -2.92. The van der Waals surface area contributed by atoms with Crippen molar-refractivity contribution < 1.29 is 9.59 Å². The number of halogens is 1. The highest BCUT2D eigenvalue weighted by molar-refractivity contribution is 9.10. The van der Waals surface area contributed by atoms with Gasteiger partial charge in [-0.3, -0.25) is 14.5 Å². The molecule has 1 N–H and O–H groups in total. The Labute approximate surface area is 186 Å². The summed E-state index contributed by atoms with van der Waals surface area (Å²) in [6.07, 6.45) is 0.589. The van der Waals surface area contributed by atoms with E-state index in [1.807, 2.05) is 91.9 Å². The number of nitrogens with zero attached hydrogens (tertiary/aromatic N) is 1. The number of hydrogen-bond acceptors (Lipinski definition) is 2. The average Bonchev–Trinajstić information content (AvgIpc) is 2.74. The standard InChI is InChI=1S/C25H25BrN2O2/c1-19(15-24(29)27-18-20-9-8-10-21(26)17-20)16-25(30)28(22-11-4-2-5-12-22)23-13-6-3-7-14-23/h2-14,17,19H,15-16,18H2,1H3,(H,27,29). The fraction of sp³-hybridized carbons (Fsp3) is 0.200. The van der Waals surface area contributed by atoms with Crippen molar-refractivity contribution in [3.63, 3.8) is 0 Å². The van der Waals surface area contributed by atoms with Gasteiger partial charge in [0, 0.05) is 35.2 Å². The Morgan fingerprint density at radius 1 is 0.867 bits per heavy atom. The fourth-order valence-electron chi connectivity index (χ4n) is 3.29. The Morgan fingerprint density at radius 2 is 1.47 bits per heavy atom. The molecular weight excluding hydrogens is 440 g/mol. The van der Waals surface area contributed by atoms with Crippen LogP contribution in [0.3, 0.4) is 0 Å². The molecule has 3 rings (SSSR count). The van der Waals surface area contributed by atoms with Crippen LogP contribution in [0, 0.1) is 5.92 Å². The van der Waals surface area contributed by atoms with Crippen LogP contribution in [0.15, 0.2) is 89.4 Å². The van der Waals surface area contributed by atoms with Gasteiger partial charge >= 0.3 is 0 Å². The molecule has 3 aromatic carbocycles. The Kier molecular flexibility index (Phi) is 7.80. The third kappa shape index (κ3) is 6.29. The number of anilines is 2. The van der Waals surface area contributed by atoms with E-state index in [-0.39, 0.29) is 24.2 Å². The minimum absolute atomic E-state index is 0.0281. The molecule has 0 heterocycles. The molecule has 0 aliphatic carbocycles. The van der Waals surface area contributed by atoms with Crippen LogP contribution >= 0.6 is 15.9 Å². The Balaban J connectivity index is 1.60. The number of para-hydroxylation sites is 2. The number of benzene rings is 3. The van der Waals surface area contributed by atoms with Crippen LogP contribution in [0.5, 0.6) is 0 Å². The van der Waals surface area contributed by atoms with E-state index < -0.39 is 0 Å². The molecule has 0 spiro atoms. The lowest BCUT2D eigenvalue weighted by Crippen LogP contribution is -2.29. The number of hydrogen-bond donors (Lipinski definition) is 1. The molecule has 0 aliphatic rings. The first-order chi connectivity index (χ1) is 14.5. The second-order valence-electron chi connectivity index (χ2n) is 7.32. The van der Waals surface area contributed by atoms with Crippen LogP contribution in [0.2, 0.25) is 0 Å². The SMILES string of the molecule is CC(CC(=O)NCc1cccc(Br)c1)CC(=O)N(c1ccccc1)c1ccccc1. The molecule has 0 bridgehead atoms. The van der Waals surface area contributed by atoms with Gasteiger partial charge in [-0.15, -0.1) is 0 Å². The van der Waals surface area contributed by atoms with Crippen molar-refractivity contribution >= 4 is 39.1 Å². The van der Waals surface area contributed by atoms with Crippen LogP contribution < -0.4 is 10.2 Å². The van der Waals surface area contributed by atoms with Gasteiger partial charge < -0.3 is 5.32 Å². The minimum atomic E-state index is -0.0741. The normalized spacial score (nSPS) is 11.5. The smallest absolute Gasteiger partial charge is 0.231 e. The van der Waals surface area contributed by atoms with E-state index in [4.69, 9.17) is 0 Å². The molecule has 0 aliphatic heterocycles. The molecule has 0 saturated carbocycles. The maximum Gasteiger partial charge on any atom is 0.231 e. The van der Waals surface area contributed by atoms with Gasteiger partial charge in [0.2, 0.25) is 11.8 Å². The molecule has 5 heteroatoms. The first-order valence-electron chi connectivity index (χ1n) is 9.97. The van der Waals surface area contributed by atoms with E-state index >= 15 is 0 Å². The predicted octanol–water partition coefficient (Wildman–Crippen LogP) is 5.85. The first-order valence-corrected chi connectivity index (χ1v) is 10.8. The highest BCUT2D eigenvalue weighted by Crippen LogP contribution is 2.27. The summed E-state index contributed by atoms with van der Waals surface area (Å²) in [5.41, 5.74) is 2.67. The lowest BCUT2D eigenvalue weighted by molar-refractivity contribution is -0.122. The van der Waals surface area contributed by atoms with Crippen molar-refractivity contribution in [2.75, 3.05) is 4.90 Å². The second-order valence-corrected chi connectivity index (χ2v) is 8.24. The highest BCUT2D eigenvalue weighted by Gasteiger charge is 2.21. The highest BCUT2D eigenvalue weighted by atomic mass is 79.9. The maximum atomic E-state index is 13.1. The lowest BCUT2D eigenvalue weighted by Gasteiger charge is -2.24. The largest absolute Gasteiger partial charge is 0.352 e. The molecule has 2 amide bonds. The van der Waals surface area contributed by atoms with E-state index in [1.54, 1.807) is 4.90 Å². The zero-order valence-electron chi connectivity index (χ0n) is 16.9. The molecule has 0 radical (unpaired) electrons. The van der Waals surface area contributed by atoms with Crippen molar-refractivity contribution in [3.8, 4) is 0 Å². The monoisotopic (exact) mass is 464 g/mol. The topological polar surface area (TPSA) is 49.4 Å². The zero-order chi connectivity index (χ0) is 21.3. The van der Waals surface area contributed by atoms with Crippen LogP contribution in [-0.2, 0) is 16.1 Å². The fourth-order valence-corrected chi connectivity index (χ4v) is 3.74. The predicted molar refractivity (Wildman–Crippen MR) is 124 cm³/mol. The molecular formula is C25H25BrN2O2.